The minimum Gasteiger partial charge on any atom is -0.352 e. The highest BCUT2D eigenvalue weighted by molar-refractivity contribution is 7.90. The first-order valence-corrected chi connectivity index (χ1v) is 7.05. The molecule has 1 aromatic rings. The predicted molar refractivity (Wildman–Crippen MR) is 65.0 cm³/mol. The van der Waals surface area contributed by atoms with Crippen molar-refractivity contribution in [2.24, 2.45) is 7.05 Å². The summed E-state index contributed by atoms with van der Waals surface area (Å²) in [7, 11) is -1.25. The van der Waals surface area contributed by atoms with Gasteiger partial charge in [0.15, 0.2) is 0 Å². The summed E-state index contributed by atoms with van der Waals surface area (Å²) in [5.41, 5.74) is 0.811. The topological polar surface area (TPSA) is 81.1 Å². The first-order chi connectivity index (χ1) is 7.87. The van der Waals surface area contributed by atoms with Gasteiger partial charge in [-0.1, -0.05) is 0 Å². The van der Waals surface area contributed by atoms with Gasteiger partial charge in [-0.2, -0.15) is 5.10 Å². The molecule has 1 rings (SSSR count). The van der Waals surface area contributed by atoms with Gasteiger partial charge in [0.25, 0.3) is 0 Å². The Morgan fingerprint density at radius 1 is 1.59 bits per heavy atom. The first kappa shape index (κ1) is 13.4. The Bertz CT molecular complexity index is 517. The summed E-state index contributed by atoms with van der Waals surface area (Å²) >= 11 is 0. The van der Waals surface area contributed by atoms with Crippen molar-refractivity contribution in [3.63, 3.8) is 0 Å². The smallest absolute Gasteiger partial charge is 0.244 e. The van der Waals surface area contributed by atoms with Crippen molar-refractivity contribution < 1.29 is 13.2 Å². The second kappa shape index (κ2) is 5.62. The molecule has 1 N–H and O–H groups in total. The van der Waals surface area contributed by atoms with E-state index in [0.29, 0.717) is 0 Å². The Kier molecular flexibility index (Phi) is 4.45. The maximum Gasteiger partial charge on any atom is 0.244 e. The molecule has 1 amide bonds. The third-order valence-corrected chi connectivity index (χ3v) is 2.87. The fourth-order valence-corrected chi connectivity index (χ4v) is 1.59. The fourth-order valence-electron chi connectivity index (χ4n) is 1.12. The highest BCUT2D eigenvalue weighted by Crippen LogP contribution is 1.98. The number of carbonyl (C=O) groups is 1. The molecule has 0 aliphatic carbocycles. The quantitative estimate of drug-likeness (QED) is 0.727. The van der Waals surface area contributed by atoms with Gasteiger partial charge >= 0.3 is 0 Å². The molecule has 0 saturated heterocycles. The van der Waals surface area contributed by atoms with Crippen LogP contribution in [-0.2, 0) is 21.7 Å². The molecule has 6 nitrogen and oxygen atoms in total. The molecular weight excluding hydrogens is 242 g/mol. The third-order valence-electron chi connectivity index (χ3n) is 1.92. The SMILES string of the molecule is Cn1cc(/C=C\C(=O)NCCS(C)(=O)=O)cn1. The van der Waals surface area contributed by atoms with Crippen molar-refractivity contribution in [3.8, 4) is 0 Å². The van der Waals surface area contributed by atoms with E-state index in [1.54, 1.807) is 30.2 Å². The predicted octanol–water partition coefficient (Wildman–Crippen LogP) is -0.406. The van der Waals surface area contributed by atoms with Crippen LogP contribution in [0.25, 0.3) is 6.08 Å². The average Bonchev–Trinajstić information content (AvgIpc) is 2.59. The standard InChI is InChI=1S/C10H15N3O3S/c1-13-8-9(7-12-13)3-4-10(14)11-5-6-17(2,15)16/h3-4,7-8H,5-6H2,1-2H3,(H,11,14)/b4-3-. The summed E-state index contributed by atoms with van der Waals surface area (Å²) in [6.07, 6.45) is 7.48. The maximum absolute atomic E-state index is 11.3. The Labute approximate surface area is 100 Å². The number of aromatic nitrogens is 2. The number of amides is 1. The van der Waals surface area contributed by atoms with Crippen LogP contribution < -0.4 is 5.32 Å². The highest BCUT2D eigenvalue weighted by atomic mass is 32.2. The second-order valence-corrected chi connectivity index (χ2v) is 5.96. The summed E-state index contributed by atoms with van der Waals surface area (Å²) in [6, 6.07) is 0. The van der Waals surface area contributed by atoms with Crippen molar-refractivity contribution in [2.45, 2.75) is 0 Å². The van der Waals surface area contributed by atoms with Crippen molar-refractivity contribution >= 4 is 21.8 Å². The van der Waals surface area contributed by atoms with Crippen molar-refractivity contribution in [1.29, 1.82) is 0 Å². The highest BCUT2D eigenvalue weighted by Gasteiger charge is 2.02. The number of aryl methyl sites for hydroxylation is 1. The monoisotopic (exact) mass is 257 g/mol. The summed E-state index contributed by atoms with van der Waals surface area (Å²) in [5, 5.41) is 6.43. The molecule has 17 heavy (non-hydrogen) atoms. The van der Waals surface area contributed by atoms with Crippen LogP contribution in [0.3, 0.4) is 0 Å². The van der Waals surface area contributed by atoms with E-state index in [-0.39, 0.29) is 18.2 Å². The number of rotatable bonds is 5. The minimum atomic E-state index is -3.04. The molecule has 7 heteroatoms. The number of nitrogens with zero attached hydrogens (tertiary/aromatic N) is 2. The van der Waals surface area contributed by atoms with Crippen LogP contribution in [0.1, 0.15) is 5.56 Å². The van der Waals surface area contributed by atoms with Crippen LogP contribution in [0.2, 0.25) is 0 Å². The Balaban J connectivity index is 2.37. The van der Waals surface area contributed by atoms with Crippen LogP contribution in [0, 0.1) is 0 Å². The molecular formula is C10H15N3O3S. The van der Waals surface area contributed by atoms with Crippen molar-refractivity contribution in [1.82, 2.24) is 15.1 Å². The summed E-state index contributed by atoms with van der Waals surface area (Å²) < 4.78 is 23.3. The Hall–Kier alpha value is -1.63. The number of carbonyl (C=O) groups excluding carboxylic acids is 1. The molecule has 1 heterocycles. The molecule has 0 spiro atoms. The Morgan fingerprint density at radius 3 is 2.82 bits per heavy atom. The van der Waals surface area contributed by atoms with Gasteiger partial charge in [-0.3, -0.25) is 9.48 Å². The first-order valence-electron chi connectivity index (χ1n) is 4.99. The summed E-state index contributed by atoms with van der Waals surface area (Å²) in [6.45, 7) is 0.120. The van der Waals surface area contributed by atoms with E-state index in [0.717, 1.165) is 11.8 Å². The zero-order valence-electron chi connectivity index (χ0n) is 9.75. The third kappa shape index (κ3) is 5.86. The normalized spacial score (nSPS) is 11.9. The van der Waals surface area contributed by atoms with Crippen molar-refractivity contribution in [2.75, 3.05) is 18.6 Å². The van der Waals surface area contributed by atoms with Gasteiger partial charge in [-0.05, 0) is 6.08 Å². The lowest BCUT2D eigenvalue weighted by atomic mass is 10.3. The van der Waals surface area contributed by atoms with E-state index >= 15 is 0 Å². The van der Waals surface area contributed by atoms with Gasteiger partial charge in [0, 0.05) is 37.7 Å². The molecule has 94 valence electrons. The average molecular weight is 257 g/mol. The van der Waals surface area contributed by atoms with Gasteiger partial charge in [0.2, 0.25) is 5.91 Å². The molecule has 0 fully saturated rings. The fraction of sp³-hybridized carbons (Fsp3) is 0.400. The van der Waals surface area contributed by atoms with Crippen LogP contribution in [-0.4, -0.2) is 42.7 Å². The van der Waals surface area contributed by atoms with E-state index in [9.17, 15) is 13.2 Å². The number of sulfone groups is 1. The molecule has 0 aliphatic rings. The van der Waals surface area contributed by atoms with E-state index in [1.165, 1.54) is 6.08 Å². The lowest BCUT2D eigenvalue weighted by molar-refractivity contribution is -0.116. The molecule has 0 unspecified atom stereocenters. The molecule has 0 atom stereocenters. The second-order valence-electron chi connectivity index (χ2n) is 3.70. The van der Waals surface area contributed by atoms with Crippen LogP contribution in [0.4, 0.5) is 0 Å². The van der Waals surface area contributed by atoms with E-state index in [1.807, 2.05) is 0 Å². The molecule has 0 aromatic carbocycles. The van der Waals surface area contributed by atoms with E-state index in [4.69, 9.17) is 0 Å². The van der Waals surface area contributed by atoms with E-state index < -0.39 is 9.84 Å². The lowest BCUT2D eigenvalue weighted by Gasteiger charge is -1.99. The molecule has 0 bridgehead atoms. The van der Waals surface area contributed by atoms with Gasteiger partial charge in [-0.15, -0.1) is 0 Å². The van der Waals surface area contributed by atoms with E-state index in [2.05, 4.69) is 10.4 Å². The number of hydrogen-bond acceptors (Lipinski definition) is 4. The molecule has 1 aromatic heterocycles. The minimum absolute atomic E-state index is 0.0561. The lowest BCUT2D eigenvalue weighted by Crippen LogP contribution is -2.27. The summed E-state index contributed by atoms with van der Waals surface area (Å²) in [4.78, 5) is 11.3. The molecule has 0 saturated carbocycles. The van der Waals surface area contributed by atoms with Crippen LogP contribution in [0.5, 0.6) is 0 Å². The Morgan fingerprint density at radius 2 is 2.29 bits per heavy atom. The van der Waals surface area contributed by atoms with Crippen LogP contribution >= 0.6 is 0 Å². The summed E-state index contributed by atoms with van der Waals surface area (Å²) in [5.74, 6) is -0.378. The van der Waals surface area contributed by atoms with Crippen LogP contribution in [0.15, 0.2) is 18.5 Å². The molecule has 0 radical (unpaired) electrons. The zero-order valence-corrected chi connectivity index (χ0v) is 10.6. The number of hydrogen-bond donors (Lipinski definition) is 1. The van der Waals surface area contributed by atoms with Gasteiger partial charge in [0.1, 0.15) is 9.84 Å². The number of nitrogens with one attached hydrogen (secondary N) is 1. The maximum atomic E-state index is 11.3. The van der Waals surface area contributed by atoms with Gasteiger partial charge < -0.3 is 5.32 Å². The zero-order chi connectivity index (χ0) is 12.9. The molecule has 0 aliphatic heterocycles. The van der Waals surface area contributed by atoms with Crippen molar-refractivity contribution in [3.05, 3.63) is 24.0 Å². The largest absolute Gasteiger partial charge is 0.352 e. The van der Waals surface area contributed by atoms with Gasteiger partial charge in [-0.25, -0.2) is 8.42 Å². The van der Waals surface area contributed by atoms with Gasteiger partial charge in [0.05, 0.1) is 11.9 Å².